The van der Waals surface area contributed by atoms with Crippen LogP contribution in [0.15, 0.2) is 22.8 Å². The molecule has 1 aliphatic heterocycles. The van der Waals surface area contributed by atoms with Crippen LogP contribution in [0.1, 0.15) is 25.0 Å². The summed E-state index contributed by atoms with van der Waals surface area (Å²) < 4.78 is 0.795. The molecule has 3 nitrogen and oxygen atoms in total. The molecule has 3 atom stereocenters. The Morgan fingerprint density at radius 2 is 2.35 bits per heavy atom. The van der Waals surface area contributed by atoms with Crippen LogP contribution in [-0.2, 0) is 11.2 Å². The standard InChI is InChI=1S/C13H15BrN2O/c14-12-3-1-2-9(15-12)7-11(17)13-8-4-5-10(6-8)16-13/h1-3,8,10,13,16H,4-7H2/t8-,10+,13+/m1/s1. The number of halogens is 1. The molecule has 3 rings (SSSR count). The predicted octanol–water partition coefficient (Wildman–Crippen LogP) is 2.10. The third-order valence-corrected chi connectivity index (χ3v) is 4.28. The van der Waals surface area contributed by atoms with Crippen LogP contribution in [0, 0.1) is 5.92 Å². The van der Waals surface area contributed by atoms with Gasteiger partial charge in [0.05, 0.1) is 12.5 Å². The Labute approximate surface area is 109 Å². The number of carbonyl (C=O) groups excluding carboxylic acids is 1. The van der Waals surface area contributed by atoms with Gasteiger partial charge in [0, 0.05) is 11.7 Å². The Balaban J connectivity index is 1.68. The van der Waals surface area contributed by atoms with Gasteiger partial charge in [-0.3, -0.25) is 4.79 Å². The molecule has 2 fully saturated rings. The number of hydrogen-bond acceptors (Lipinski definition) is 3. The molecule has 1 aromatic rings. The topological polar surface area (TPSA) is 42.0 Å². The van der Waals surface area contributed by atoms with Crippen molar-refractivity contribution >= 4 is 21.7 Å². The van der Waals surface area contributed by atoms with Crippen LogP contribution in [0.4, 0.5) is 0 Å². The van der Waals surface area contributed by atoms with Crippen molar-refractivity contribution in [2.75, 3.05) is 0 Å². The van der Waals surface area contributed by atoms with Crippen LogP contribution < -0.4 is 5.32 Å². The summed E-state index contributed by atoms with van der Waals surface area (Å²) in [5, 5.41) is 3.44. The van der Waals surface area contributed by atoms with Gasteiger partial charge in [-0.25, -0.2) is 4.98 Å². The molecule has 4 heteroatoms. The third kappa shape index (κ3) is 2.29. The van der Waals surface area contributed by atoms with E-state index >= 15 is 0 Å². The average molecular weight is 295 g/mol. The summed E-state index contributed by atoms with van der Waals surface area (Å²) in [7, 11) is 0. The molecule has 1 saturated heterocycles. The monoisotopic (exact) mass is 294 g/mol. The molecule has 0 unspecified atom stereocenters. The normalized spacial score (nSPS) is 30.8. The first-order valence-corrected chi connectivity index (χ1v) is 6.92. The highest BCUT2D eigenvalue weighted by Crippen LogP contribution is 2.35. The van der Waals surface area contributed by atoms with E-state index in [1.54, 1.807) is 0 Å². The van der Waals surface area contributed by atoms with Crippen LogP contribution in [0.2, 0.25) is 0 Å². The molecule has 2 heterocycles. The Kier molecular flexibility index (Phi) is 3.01. The van der Waals surface area contributed by atoms with Gasteiger partial charge in [0.1, 0.15) is 4.60 Å². The van der Waals surface area contributed by atoms with Crippen molar-refractivity contribution in [2.45, 2.75) is 37.8 Å². The highest BCUT2D eigenvalue weighted by Gasteiger charge is 2.42. The van der Waals surface area contributed by atoms with Crippen LogP contribution in [0.3, 0.4) is 0 Å². The van der Waals surface area contributed by atoms with Crippen LogP contribution >= 0.6 is 15.9 Å². The zero-order chi connectivity index (χ0) is 11.8. The molecule has 0 amide bonds. The third-order valence-electron chi connectivity index (χ3n) is 3.83. The molecular formula is C13H15BrN2O. The number of hydrogen-bond donors (Lipinski definition) is 1. The van der Waals surface area contributed by atoms with Crippen molar-refractivity contribution < 1.29 is 4.79 Å². The summed E-state index contributed by atoms with van der Waals surface area (Å²) >= 11 is 3.33. The minimum absolute atomic E-state index is 0.0783. The second kappa shape index (κ2) is 4.50. The van der Waals surface area contributed by atoms with Gasteiger partial charge in [-0.15, -0.1) is 0 Å². The van der Waals surface area contributed by atoms with Gasteiger partial charge in [-0.05, 0) is 53.2 Å². The minimum atomic E-state index is 0.0783. The second-order valence-corrected chi connectivity index (χ2v) is 5.82. The quantitative estimate of drug-likeness (QED) is 0.868. The average Bonchev–Trinajstić information content (AvgIpc) is 2.90. The smallest absolute Gasteiger partial charge is 0.155 e. The summed E-state index contributed by atoms with van der Waals surface area (Å²) in [6.07, 6.45) is 4.08. The highest BCUT2D eigenvalue weighted by molar-refractivity contribution is 9.10. The summed E-state index contributed by atoms with van der Waals surface area (Å²) in [4.78, 5) is 16.5. The maximum Gasteiger partial charge on any atom is 0.155 e. The number of nitrogens with one attached hydrogen (secondary N) is 1. The van der Waals surface area contributed by atoms with E-state index in [0.717, 1.165) is 10.3 Å². The minimum Gasteiger partial charge on any atom is -0.304 e. The molecule has 0 radical (unpaired) electrons. The van der Waals surface area contributed by atoms with Crippen molar-refractivity contribution in [1.29, 1.82) is 0 Å². The van der Waals surface area contributed by atoms with E-state index in [-0.39, 0.29) is 6.04 Å². The SMILES string of the molecule is O=C(Cc1cccc(Br)n1)[C@H]1N[C@H]2CC[C@@H]1C2. The first-order chi connectivity index (χ1) is 8.22. The number of rotatable bonds is 3. The summed E-state index contributed by atoms with van der Waals surface area (Å²) in [5.74, 6) is 0.863. The van der Waals surface area contributed by atoms with Crippen molar-refractivity contribution in [3.63, 3.8) is 0 Å². The van der Waals surface area contributed by atoms with Crippen LogP contribution in [0.5, 0.6) is 0 Å². The van der Waals surface area contributed by atoms with Gasteiger partial charge >= 0.3 is 0 Å². The molecule has 1 aliphatic carbocycles. The lowest BCUT2D eigenvalue weighted by atomic mass is 9.94. The number of piperidine rings is 1. The van der Waals surface area contributed by atoms with E-state index in [1.807, 2.05) is 18.2 Å². The van der Waals surface area contributed by atoms with Gasteiger partial charge in [-0.2, -0.15) is 0 Å². The number of fused-ring (bicyclic) bond motifs is 2. The van der Waals surface area contributed by atoms with Gasteiger partial charge in [0.2, 0.25) is 0 Å². The van der Waals surface area contributed by atoms with Crippen molar-refractivity contribution in [3.05, 3.63) is 28.5 Å². The number of nitrogens with zero attached hydrogens (tertiary/aromatic N) is 1. The molecule has 17 heavy (non-hydrogen) atoms. The second-order valence-electron chi connectivity index (χ2n) is 5.01. The van der Waals surface area contributed by atoms with Crippen molar-refractivity contribution in [2.24, 2.45) is 5.92 Å². The lowest BCUT2D eigenvalue weighted by Crippen LogP contribution is -2.42. The van der Waals surface area contributed by atoms with Gasteiger partial charge in [0.15, 0.2) is 5.78 Å². The molecule has 0 aromatic carbocycles. The van der Waals surface area contributed by atoms with Gasteiger partial charge < -0.3 is 5.32 Å². The fourth-order valence-corrected chi connectivity index (χ4v) is 3.43. The molecule has 0 spiro atoms. The van der Waals surface area contributed by atoms with Crippen molar-refractivity contribution in [1.82, 2.24) is 10.3 Å². The van der Waals surface area contributed by atoms with Crippen LogP contribution in [0.25, 0.3) is 0 Å². The predicted molar refractivity (Wildman–Crippen MR) is 68.7 cm³/mol. The Hall–Kier alpha value is -0.740. The molecule has 1 N–H and O–H groups in total. The van der Waals surface area contributed by atoms with E-state index in [0.29, 0.717) is 24.2 Å². The lowest BCUT2D eigenvalue weighted by molar-refractivity contribution is -0.121. The number of Topliss-reactive ketones (excluding diaryl/α,β-unsaturated/α-hetero) is 1. The molecule has 90 valence electrons. The molecule has 1 aromatic heterocycles. The number of ketones is 1. The van der Waals surface area contributed by atoms with E-state index in [4.69, 9.17) is 0 Å². The summed E-state index contributed by atoms with van der Waals surface area (Å²) in [5.41, 5.74) is 0.856. The van der Waals surface area contributed by atoms with Gasteiger partial charge in [0.25, 0.3) is 0 Å². The Morgan fingerprint density at radius 1 is 1.47 bits per heavy atom. The summed E-state index contributed by atoms with van der Waals surface area (Å²) in [6, 6.07) is 6.38. The van der Waals surface area contributed by atoms with Crippen LogP contribution in [-0.4, -0.2) is 22.9 Å². The zero-order valence-corrected chi connectivity index (χ0v) is 11.1. The van der Waals surface area contributed by atoms with E-state index in [2.05, 4.69) is 26.2 Å². The molecule has 1 saturated carbocycles. The highest BCUT2D eigenvalue weighted by atomic mass is 79.9. The number of pyridine rings is 1. The zero-order valence-electron chi connectivity index (χ0n) is 9.53. The first kappa shape index (κ1) is 11.4. The summed E-state index contributed by atoms with van der Waals surface area (Å²) in [6.45, 7) is 0. The molecule has 2 bridgehead atoms. The van der Waals surface area contributed by atoms with E-state index < -0.39 is 0 Å². The number of aromatic nitrogens is 1. The maximum absolute atomic E-state index is 12.2. The first-order valence-electron chi connectivity index (χ1n) is 6.12. The number of carbonyl (C=O) groups is 1. The fourth-order valence-electron chi connectivity index (χ4n) is 3.05. The largest absolute Gasteiger partial charge is 0.304 e. The lowest BCUT2D eigenvalue weighted by Gasteiger charge is -2.21. The van der Waals surface area contributed by atoms with E-state index in [9.17, 15) is 4.79 Å². The Bertz CT molecular complexity index is 449. The van der Waals surface area contributed by atoms with E-state index in [1.165, 1.54) is 19.3 Å². The molecule has 2 aliphatic rings. The Morgan fingerprint density at radius 3 is 3.00 bits per heavy atom. The van der Waals surface area contributed by atoms with Crippen molar-refractivity contribution in [3.8, 4) is 0 Å². The fraction of sp³-hybridized carbons (Fsp3) is 0.538. The van der Waals surface area contributed by atoms with Gasteiger partial charge in [-0.1, -0.05) is 6.07 Å². The molecular weight excluding hydrogens is 280 g/mol. The maximum atomic E-state index is 12.2.